The van der Waals surface area contributed by atoms with E-state index in [1.54, 1.807) is 35.7 Å². The molecule has 2 amide bonds. The van der Waals surface area contributed by atoms with Crippen LogP contribution < -0.4 is 20.9 Å². The number of pyridine rings is 1. The highest BCUT2D eigenvalue weighted by molar-refractivity contribution is 7.18. The minimum Gasteiger partial charge on any atom is -0.465 e. The molecule has 3 fully saturated rings. The fourth-order valence-corrected chi connectivity index (χ4v) is 9.18. The third-order valence-corrected chi connectivity index (χ3v) is 11.6. The maximum atomic E-state index is 12.4. The van der Waals surface area contributed by atoms with Crippen molar-refractivity contribution in [3.05, 3.63) is 30.6 Å². The van der Waals surface area contributed by atoms with E-state index in [2.05, 4.69) is 42.1 Å². The van der Waals surface area contributed by atoms with Crippen LogP contribution in [0.15, 0.2) is 30.6 Å². The van der Waals surface area contributed by atoms with Gasteiger partial charge in [0, 0.05) is 49.5 Å². The zero-order valence-corrected chi connectivity index (χ0v) is 31.0. The van der Waals surface area contributed by atoms with Gasteiger partial charge in [-0.2, -0.15) is 5.26 Å². The summed E-state index contributed by atoms with van der Waals surface area (Å²) in [5.41, 5.74) is 3.04. The van der Waals surface area contributed by atoms with Crippen LogP contribution in [-0.4, -0.2) is 94.6 Å². The van der Waals surface area contributed by atoms with Crippen LogP contribution in [0.25, 0.3) is 27.5 Å². The van der Waals surface area contributed by atoms with Crippen molar-refractivity contribution < 1.29 is 14.7 Å². The summed E-state index contributed by atoms with van der Waals surface area (Å²) in [6.07, 6.45) is 8.27. The van der Waals surface area contributed by atoms with E-state index >= 15 is 0 Å². The molecule has 52 heavy (non-hydrogen) atoms. The minimum atomic E-state index is -0.931. The third-order valence-electron chi connectivity index (χ3n) is 10.6. The van der Waals surface area contributed by atoms with Gasteiger partial charge in [0.2, 0.25) is 17.0 Å². The SMILES string of the molecule is CC(=O)N[C@H]1[C@@H]2CC[C@H]1CN(c1nnc(-c3cnc(-c4ccc5cnc(N[C@@H]6CCCC[C@@H]6N(C(=O)O)C(C)(C)C)nn45)cc3N[C@H](C)C#N)s1)C2. The molecule has 0 unspecified atom stereocenters. The Kier molecular flexibility index (Phi) is 9.64. The Morgan fingerprint density at radius 3 is 2.52 bits per heavy atom. The molecule has 0 aromatic carbocycles. The first-order valence-electron chi connectivity index (χ1n) is 18.1. The van der Waals surface area contributed by atoms with Gasteiger partial charge in [-0.05, 0) is 83.4 Å². The fraction of sp³-hybridized carbons (Fsp3) is 0.556. The molecule has 4 aromatic rings. The number of amides is 2. The second kappa shape index (κ2) is 14.2. The van der Waals surface area contributed by atoms with Crippen LogP contribution in [0.3, 0.4) is 0 Å². The highest BCUT2D eigenvalue weighted by Crippen LogP contribution is 2.41. The van der Waals surface area contributed by atoms with Gasteiger partial charge in [-0.25, -0.2) is 14.3 Å². The molecule has 2 saturated carbocycles. The second-order valence-electron chi connectivity index (χ2n) is 15.3. The van der Waals surface area contributed by atoms with Crippen molar-refractivity contribution in [3.8, 4) is 28.0 Å². The summed E-state index contributed by atoms with van der Waals surface area (Å²) >= 11 is 1.50. The maximum Gasteiger partial charge on any atom is 0.408 e. The predicted octanol–water partition coefficient (Wildman–Crippen LogP) is 5.49. The van der Waals surface area contributed by atoms with Crippen LogP contribution >= 0.6 is 11.3 Å². The Balaban J connectivity index is 1.16. The normalized spacial score (nSPS) is 23.5. The maximum absolute atomic E-state index is 12.4. The summed E-state index contributed by atoms with van der Waals surface area (Å²) < 4.78 is 1.79. The lowest BCUT2D eigenvalue weighted by atomic mass is 9.87. The van der Waals surface area contributed by atoms with E-state index in [-0.39, 0.29) is 24.0 Å². The molecular formula is C36H46N12O3S. The summed E-state index contributed by atoms with van der Waals surface area (Å²) in [4.78, 5) is 37.4. The van der Waals surface area contributed by atoms with Crippen molar-refractivity contribution >= 4 is 45.6 Å². The Labute approximate surface area is 306 Å². The van der Waals surface area contributed by atoms with Gasteiger partial charge in [0.25, 0.3) is 0 Å². The van der Waals surface area contributed by atoms with Crippen LogP contribution in [0.1, 0.15) is 73.1 Å². The smallest absolute Gasteiger partial charge is 0.408 e. The first-order valence-corrected chi connectivity index (χ1v) is 18.9. The average molecular weight is 727 g/mol. The van der Waals surface area contributed by atoms with Gasteiger partial charge in [0.15, 0.2) is 5.01 Å². The molecule has 2 bridgehead atoms. The van der Waals surface area contributed by atoms with Gasteiger partial charge >= 0.3 is 6.09 Å². The van der Waals surface area contributed by atoms with E-state index < -0.39 is 17.7 Å². The van der Waals surface area contributed by atoms with Crippen LogP contribution in [0.4, 0.5) is 21.6 Å². The molecule has 3 aliphatic rings. The summed E-state index contributed by atoms with van der Waals surface area (Å²) in [6, 6.07) is 7.41. The first kappa shape index (κ1) is 35.4. The Hall–Kier alpha value is -5.04. The van der Waals surface area contributed by atoms with Crippen LogP contribution in [0, 0.1) is 23.2 Å². The number of fused-ring (bicyclic) bond motifs is 3. The summed E-state index contributed by atoms with van der Waals surface area (Å²) in [5, 5.41) is 45.3. The van der Waals surface area contributed by atoms with E-state index in [0.29, 0.717) is 34.2 Å². The standard InChI is InChI=1S/C36H46N12O3S/c1-20(15-37)40-27-14-28(38-17-25(27)32-43-44-34(52-32)46-18-22-10-11-23(19-46)31(22)41-21(2)49)30-13-12-24-16-39-33(45-48(24)30)42-26-8-6-7-9-29(26)47(35(50)51)36(3,4)5/h12-14,16-17,20,22-23,26,29,31H,6-11,18-19H2,1-5H3,(H,38,40)(H,41,49)(H,42,45)(H,50,51)/t20-,22-,23+,26-,29+,31+/m1/s1. The van der Waals surface area contributed by atoms with Gasteiger partial charge in [0.05, 0.1) is 40.8 Å². The second-order valence-corrected chi connectivity index (χ2v) is 16.2. The van der Waals surface area contributed by atoms with Gasteiger partial charge in [0.1, 0.15) is 6.04 Å². The van der Waals surface area contributed by atoms with E-state index in [9.17, 15) is 20.0 Å². The van der Waals surface area contributed by atoms with Crippen LogP contribution in [-0.2, 0) is 4.79 Å². The number of anilines is 3. The van der Waals surface area contributed by atoms with Crippen molar-refractivity contribution in [2.24, 2.45) is 11.8 Å². The number of nitrogens with one attached hydrogen (secondary N) is 3. The summed E-state index contributed by atoms with van der Waals surface area (Å²) in [5.74, 6) is 1.19. The number of hydrogen-bond acceptors (Lipinski definition) is 12. The molecule has 5 heterocycles. The number of aromatic nitrogens is 6. The third kappa shape index (κ3) is 7.06. The monoisotopic (exact) mass is 726 g/mol. The van der Waals surface area contributed by atoms with Crippen molar-refractivity contribution in [1.82, 2.24) is 40.0 Å². The van der Waals surface area contributed by atoms with Crippen molar-refractivity contribution in [2.75, 3.05) is 28.6 Å². The zero-order valence-electron chi connectivity index (χ0n) is 30.2. The number of carbonyl (C=O) groups is 2. The largest absolute Gasteiger partial charge is 0.465 e. The molecule has 1 aliphatic heterocycles. The summed E-state index contributed by atoms with van der Waals surface area (Å²) in [6.45, 7) is 10.8. The van der Waals surface area contributed by atoms with E-state index in [1.807, 2.05) is 39.0 Å². The van der Waals surface area contributed by atoms with E-state index in [0.717, 1.165) is 73.5 Å². The van der Waals surface area contributed by atoms with E-state index in [4.69, 9.17) is 10.1 Å². The molecule has 16 heteroatoms. The number of carboxylic acid groups (broad SMARTS) is 1. The number of rotatable bonds is 9. The van der Waals surface area contributed by atoms with Gasteiger partial charge in [-0.1, -0.05) is 24.2 Å². The Morgan fingerprint density at radius 2 is 1.83 bits per heavy atom. The zero-order chi connectivity index (χ0) is 36.7. The fourth-order valence-electron chi connectivity index (χ4n) is 8.29. The molecule has 274 valence electrons. The molecule has 7 rings (SSSR count). The predicted molar refractivity (Wildman–Crippen MR) is 199 cm³/mol. The summed E-state index contributed by atoms with van der Waals surface area (Å²) in [7, 11) is 0. The molecule has 4 aromatic heterocycles. The molecule has 15 nitrogen and oxygen atoms in total. The average Bonchev–Trinajstić information content (AvgIpc) is 3.80. The Bertz CT molecular complexity index is 1990. The van der Waals surface area contributed by atoms with Crippen molar-refractivity contribution in [3.63, 3.8) is 0 Å². The lowest BCUT2D eigenvalue weighted by Crippen LogP contribution is -2.58. The first-order chi connectivity index (χ1) is 24.9. The quantitative estimate of drug-likeness (QED) is 0.170. The van der Waals surface area contributed by atoms with Gasteiger partial charge < -0.3 is 26.0 Å². The van der Waals surface area contributed by atoms with Crippen LogP contribution in [0.2, 0.25) is 0 Å². The van der Waals surface area contributed by atoms with Crippen LogP contribution in [0.5, 0.6) is 0 Å². The van der Waals surface area contributed by atoms with Gasteiger partial charge in [-0.3, -0.25) is 14.7 Å². The minimum absolute atomic E-state index is 0.0204. The number of piperidine rings is 1. The van der Waals surface area contributed by atoms with Gasteiger partial charge in [-0.15, -0.1) is 15.3 Å². The van der Waals surface area contributed by atoms with E-state index in [1.165, 1.54) is 11.3 Å². The number of carbonyl (C=O) groups excluding carboxylic acids is 1. The lowest BCUT2D eigenvalue weighted by Gasteiger charge is -2.45. The number of nitrogens with zero attached hydrogens (tertiary/aromatic N) is 9. The molecule has 4 N–H and O–H groups in total. The highest BCUT2D eigenvalue weighted by Gasteiger charge is 2.43. The highest BCUT2D eigenvalue weighted by atomic mass is 32.1. The Morgan fingerprint density at radius 1 is 1.08 bits per heavy atom. The topological polar surface area (TPSA) is 190 Å². The molecular weight excluding hydrogens is 681 g/mol. The molecule has 6 atom stereocenters. The molecule has 1 saturated heterocycles. The number of hydrogen-bond donors (Lipinski definition) is 4. The number of nitriles is 1. The molecule has 0 spiro atoms. The lowest BCUT2D eigenvalue weighted by molar-refractivity contribution is -0.120. The van der Waals surface area contributed by atoms with Crippen molar-refractivity contribution in [1.29, 1.82) is 5.26 Å². The van der Waals surface area contributed by atoms with Crippen molar-refractivity contribution in [2.45, 2.75) is 103 Å². The molecule has 0 radical (unpaired) electrons. The molecule has 2 aliphatic carbocycles.